The van der Waals surface area contributed by atoms with E-state index >= 15 is 0 Å². The van der Waals surface area contributed by atoms with Crippen LogP contribution < -0.4 is 4.74 Å². The fourth-order valence-electron chi connectivity index (χ4n) is 5.60. The lowest BCUT2D eigenvalue weighted by Crippen LogP contribution is -1.97. The molecular formula is C42H56O2. The zero-order chi connectivity index (χ0) is 31.1. The molecule has 0 radical (unpaired) electrons. The second-order valence-electron chi connectivity index (χ2n) is 12.4. The number of benzene rings is 3. The SMILES string of the molecule is C=C(C)c1ccc(CCCCCCCCCCCCCCCCCCOc2ccc(/C=C/C(=O)c3ccccc3)cc2)cc1. The third kappa shape index (κ3) is 15.4. The third-order valence-electron chi connectivity index (χ3n) is 8.44. The Kier molecular flexibility index (Phi) is 17.7. The largest absolute Gasteiger partial charge is 0.494 e. The van der Waals surface area contributed by atoms with Gasteiger partial charge in [0.25, 0.3) is 0 Å². The first-order valence-electron chi connectivity index (χ1n) is 17.4. The van der Waals surface area contributed by atoms with Crippen LogP contribution in [0.2, 0.25) is 0 Å². The molecule has 0 bridgehead atoms. The van der Waals surface area contributed by atoms with Crippen molar-refractivity contribution in [3.8, 4) is 5.75 Å². The number of allylic oxidation sites excluding steroid dienone is 2. The summed E-state index contributed by atoms with van der Waals surface area (Å²) < 4.78 is 5.91. The van der Waals surface area contributed by atoms with Crippen LogP contribution in [-0.2, 0) is 6.42 Å². The molecule has 2 nitrogen and oxygen atoms in total. The normalized spacial score (nSPS) is 11.2. The summed E-state index contributed by atoms with van der Waals surface area (Å²) in [6, 6.07) is 26.3. The van der Waals surface area contributed by atoms with Crippen LogP contribution in [0.3, 0.4) is 0 Å². The molecule has 0 fully saturated rings. The van der Waals surface area contributed by atoms with Gasteiger partial charge < -0.3 is 4.74 Å². The summed E-state index contributed by atoms with van der Waals surface area (Å²) in [5.74, 6) is 0.917. The van der Waals surface area contributed by atoms with Crippen molar-refractivity contribution >= 4 is 17.4 Å². The molecular weight excluding hydrogens is 536 g/mol. The molecule has 0 saturated heterocycles. The van der Waals surface area contributed by atoms with E-state index in [1.165, 1.54) is 114 Å². The van der Waals surface area contributed by atoms with Gasteiger partial charge in [0.05, 0.1) is 6.61 Å². The quantitative estimate of drug-likeness (QED) is 0.0587. The van der Waals surface area contributed by atoms with E-state index in [1.807, 2.05) is 60.7 Å². The van der Waals surface area contributed by atoms with E-state index < -0.39 is 0 Å². The lowest BCUT2D eigenvalue weighted by molar-refractivity contribution is 0.104. The van der Waals surface area contributed by atoms with Gasteiger partial charge in [0, 0.05) is 5.56 Å². The van der Waals surface area contributed by atoms with Crippen LogP contribution in [0.4, 0.5) is 0 Å². The van der Waals surface area contributed by atoms with Gasteiger partial charge in [-0.3, -0.25) is 4.79 Å². The Bertz CT molecular complexity index is 1200. The second-order valence-corrected chi connectivity index (χ2v) is 12.4. The number of rotatable bonds is 24. The summed E-state index contributed by atoms with van der Waals surface area (Å²) in [4.78, 5) is 12.2. The monoisotopic (exact) mass is 592 g/mol. The maximum atomic E-state index is 12.2. The van der Waals surface area contributed by atoms with Crippen LogP contribution in [0.25, 0.3) is 11.6 Å². The zero-order valence-corrected chi connectivity index (χ0v) is 27.4. The average Bonchev–Trinajstić information content (AvgIpc) is 3.05. The van der Waals surface area contributed by atoms with Crippen LogP contribution in [0.5, 0.6) is 5.75 Å². The van der Waals surface area contributed by atoms with E-state index in [2.05, 4.69) is 37.8 Å². The highest BCUT2D eigenvalue weighted by Crippen LogP contribution is 2.18. The van der Waals surface area contributed by atoms with Gasteiger partial charge in [-0.25, -0.2) is 0 Å². The number of carbonyl (C=O) groups is 1. The van der Waals surface area contributed by atoms with Crippen molar-refractivity contribution in [3.63, 3.8) is 0 Å². The molecule has 0 aliphatic carbocycles. The molecule has 0 amide bonds. The number of ketones is 1. The molecule has 0 aromatic heterocycles. The average molecular weight is 593 g/mol. The predicted molar refractivity (Wildman–Crippen MR) is 190 cm³/mol. The fourth-order valence-corrected chi connectivity index (χ4v) is 5.60. The Morgan fingerprint density at radius 2 is 1.09 bits per heavy atom. The Morgan fingerprint density at radius 1 is 0.591 bits per heavy atom. The molecule has 0 aliphatic rings. The summed E-state index contributed by atoms with van der Waals surface area (Å²) in [6.45, 7) is 6.86. The van der Waals surface area contributed by atoms with Gasteiger partial charge in [-0.15, -0.1) is 0 Å². The molecule has 0 saturated carbocycles. The van der Waals surface area contributed by atoms with Gasteiger partial charge in [0.15, 0.2) is 5.78 Å². The Labute approximate surface area is 268 Å². The van der Waals surface area contributed by atoms with Crippen molar-refractivity contribution < 1.29 is 9.53 Å². The number of hydrogen-bond acceptors (Lipinski definition) is 2. The molecule has 0 N–H and O–H groups in total. The molecule has 0 heterocycles. The van der Waals surface area contributed by atoms with E-state index in [4.69, 9.17) is 4.74 Å². The minimum Gasteiger partial charge on any atom is -0.494 e. The molecule has 236 valence electrons. The topological polar surface area (TPSA) is 26.3 Å². The third-order valence-corrected chi connectivity index (χ3v) is 8.44. The van der Waals surface area contributed by atoms with Crippen LogP contribution in [0.1, 0.15) is 137 Å². The lowest BCUT2D eigenvalue weighted by Gasteiger charge is -2.07. The van der Waals surface area contributed by atoms with E-state index in [0.717, 1.165) is 29.9 Å². The van der Waals surface area contributed by atoms with Crippen molar-refractivity contribution in [3.05, 3.63) is 114 Å². The number of unbranched alkanes of at least 4 members (excludes halogenated alkanes) is 15. The highest BCUT2D eigenvalue weighted by atomic mass is 16.5. The first-order valence-corrected chi connectivity index (χ1v) is 17.4. The van der Waals surface area contributed by atoms with Gasteiger partial charge in [-0.1, -0.05) is 175 Å². The van der Waals surface area contributed by atoms with Crippen LogP contribution >= 0.6 is 0 Å². The molecule has 0 unspecified atom stereocenters. The van der Waals surface area contributed by atoms with Gasteiger partial charge in [0.1, 0.15) is 5.75 Å². The summed E-state index contributed by atoms with van der Waals surface area (Å²) in [5.41, 5.74) is 5.57. The van der Waals surface area contributed by atoms with Gasteiger partial charge in [0.2, 0.25) is 0 Å². The highest BCUT2D eigenvalue weighted by Gasteiger charge is 2.01. The van der Waals surface area contributed by atoms with Crippen molar-refractivity contribution in [1.29, 1.82) is 0 Å². The Morgan fingerprint density at radius 3 is 1.61 bits per heavy atom. The molecule has 3 aromatic rings. The summed E-state index contributed by atoms with van der Waals surface area (Å²) >= 11 is 0. The van der Waals surface area contributed by atoms with Gasteiger partial charge in [-0.2, -0.15) is 0 Å². The van der Waals surface area contributed by atoms with Crippen molar-refractivity contribution in [2.24, 2.45) is 0 Å². The zero-order valence-electron chi connectivity index (χ0n) is 27.4. The highest BCUT2D eigenvalue weighted by molar-refractivity contribution is 6.06. The first-order chi connectivity index (χ1) is 21.6. The molecule has 3 rings (SSSR count). The van der Waals surface area contributed by atoms with Crippen molar-refractivity contribution in [2.45, 2.75) is 116 Å². The van der Waals surface area contributed by atoms with Gasteiger partial charge in [-0.05, 0) is 61.1 Å². The number of hydrogen-bond donors (Lipinski definition) is 0. The fraction of sp³-hybridized carbons (Fsp3) is 0.452. The van der Waals surface area contributed by atoms with Crippen LogP contribution in [0, 0.1) is 0 Å². The first kappa shape index (κ1) is 35.1. The number of carbonyl (C=O) groups excluding carboxylic acids is 1. The molecule has 3 aromatic carbocycles. The second kappa shape index (κ2) is 22.2. The minimum absolute atomic E-state index is 0.0201. The summed E-state index contributed by atoms with van der Waals surface area (Å²) in [6.07, 6.45) is 26.4. The van der Waals surface area contributed by atoms with Crippen molar-refractivity contribution in [2.75, 3.05) is 6.61 Å². The molecule has 0 atom stereocenters. The smallest absolute Gasteiger partial charge is 0.185 e. The van der Waals surface area contributed by atoms with Crippen LogP contribution in [-0.4, -0.2) is 12.4 Å². The minimum atomic E-state index is 0.0201. The number of aryl methyl sites for hydroxylation is 1. The molecule has 44 heavy (non-hydrogen) atoms. The maximum Gasteiger partial charge on any atom is 0.185 e. The van der Waals surface area contributed by atoms with E-state index in [-0.39, 0.29) is 5.78 Å². The van der Waals surface area contributed by atoms with E-state index in [1.54, 1.807) is 6.08 Å². The molecule has 0 aliphatic heterocycles. The molecule has 0 spiro atoms. The lowest BCUT2D eigenvalue weighted by atomic mass is 10.0. The van der Waals surface area contributed by atoms with E-state index in [0.29, 0.717) is 5.56 Å². The van der Waals surface area contributed by atoms with E-state index in [9.17, 15) is 4.79 Å². The number of ether oxygens (including phenoxy) is 1. The maximum absolute atomic E-state index is 12.2. The van der Waals surface area contributed by atoms with Gasteiger partial charge >= 0.3 is 0 Å². The Hall–Kier alpha value is -3.39. The Balaban J connectivity index is 1.05. The predicted octanol–water partition coefficient (Wildman–Crippen LogP) is 12.5. The standard InChI is InChI=1S/C42H56O2/c1-36(2)39-30-25-37(26-31-39)22-18-15-13-11-9-7-5-3-4-6-8-10-12-14-16-21-35-44-41-32-27-38(28-33-41)29-34-42(43)40-23-19-17-20-24-40/h17,19-20,23-34H,1,3-16,18,21-22,35H2,2H3/b34-29+. The van der Waals surface area contributed by atoms with Crippen LogP contribution in [0.15, 0.2) is 91.5 Å². The molecule has 2 heteroatoms. The summed E-state index contributed by atoms with van der Waals surface area (Å²) in [7, 11) is 0. The van der Waals surface area contributed by atoms with Crippen molar-refractivity contribution in [1.82, 2.24) is 0 Å². The summed E-state index contributed by atoms with van der Waals surface area (Å²) in [5, 5.41) is 0.